The van der Waals surface area contributed by atoms with Gasteiger partial charge in [-0.1, -0.05) is 61.9 Å². The molecule has 1 aliphatic rings. The Morgan fingerprint density at radius 1 is 1.11 bits per heavy atom. The summed E-state index contributed by atoms with van der Waals surface area (Å²) < 4.78 is 0. The van der Waals surface area contributed by atoms with Gasteiger partial charge < -0.3 is 0 Å². The lowest BCUT2D eigenvalue weighted by atomic mass is 10.2. The van der Waals surface area contributed by atoms with E-state index < -0.39 is 8.07 Å². The summed E-state index contributed by atoms with van der Waals surface area (Å²) >= 11 is 0. The Balaban J connectivity index is 1.79. The second kappa shape index (κ2) is 6.00. The Morgan fingerprint density at radius 3 is 2.28 bits per heavy atom. The molecule has 0 heterocycles. The molecule has 3 heteroatoms. The number of hydrogen-bond donors (Lipinski definition) is 1. The minimum Gasteiger partial charge on any atom is -0.298 e. The lowest BCUT2D eigenvalue weighted by Gasteiger charge is -2.17. The number of nitrogens with one attached hydrogen (secondary N) is 1. The second-order valence-electron chi connectivity index (χ2n) is 6.29. The van der Waals surface area contributed by atoms with E-state index in [-0.39, 0.29) is 0 Å². The van der Waals surface area contributed by atoms with Crippen molar-refractivity contribution in [3.8, 4) is 0 Å². The first-order chi connectivity index (χ1) is 8.55. The van der Waals surface area contributed by atoms with Crippen LogP contribution in [0.3, 0.4) is 0 Å². The molecule has 1 N–H and O–H groups in total. The minimum atomic E-state index is -1.16. The lowest BCUT2D eigenvalue weighted by Crippen LogP contribution is -2.37. The quantitative estimate of drug-likeness (QED) is 0.651. The zero-order valence-electron chi connectivity index (χ0n) is 11.8. The topological polar surface area (TPSA) is 21.3 Å². The van der Waals surface area contributed by atoms with Gasteiger partial charge in [0.1, 0.15) is 0 Å². The van der Waals surface area contributed by atoms with E-state index in [0.29, 0.717) is 6.10 Å². The molecule has 1 saturated carbocycles. The molecule has 0 aliphatic heterocycles. The highest BCUT2D eigenvalue weighted by Gasteiger charge is 2.16. The molecule has 0 saturated heterocycles. The van der Waals surface area contributed by atoms with E-state index >= 15 is 0 Å². The van der Waals surface area contributed by atoms with Crippen molar-refractivity contribution in [3.05, 3.63) is 29.8 Å². The molecule has 0 amide bonds. The highest BCUT2D eigenvalue weighted by molar-refractivity contribution is 6.88. The zero-order chi connectivity index (χ0) is 13.0. The lowest BCUT2D eigenvalue weighted by molar-refractivity contribution is -0.0244. The third kappa shape index (κ3) is 3.94. The highest BCUT2D eigenvalue weighted by atomic mass is 28.3. The molecule has 0 atom stereocenters. The van der Waals surface area contributed by atoms with Crippen LogP contribution in [0.15, 0.2) is 24.3 Å². The van der Waals surface area contributed by atoms with Crippen LogP contribution in [-0.4, -0.2) is 14.2 Å². The first-order valence-corrected chi connectivity index (χ1v) is 10.5. The third-order valence-corrected chi connectivity index (χ3v) is 5.71. The molecule has 0 spiro atoms. The molecular formula is C15H25NOSi. The van der Waals surface area contributed by atoms with Crippen molar-refractivity contribution >= 4 is 13.3 Å². The van der Waals surface area contributed by atoms with Gasteiger partial charge in [-0.15, -0.1) is 0 Å². The van der Waals surface area contributed by atoms with E-state index in [1.807, 2.05) is 0 Å². The monoisotopic (exact) mass is 263 g/mol. The maximum atomic E-state index is 5.66. The summed E-state index contributed by atoms with van der Waals surface area (Å²) in [4.78, 5) is 5.66. The van der Waals surface area contributed by atoms with Gasteiger partial charge in [-0.25, -0.2) is 0 Å². The predicted octanol–water partition coefficient (Wildman–Crippen LogP) is 3.20. The van der Waals surface area contributed by atoms with Crippen molar-refractivity contribution in [1.29, 1.82) is 0 Å². The van der Waals surface area contributed by atoms with Gasteiger partial charge in [-0.3, -0.25) is 4.84 Å². The van der Waals surface area contributed by atoms with Gasteiger partial charge in [0.2, 0.25) is 0 Å². The molecule has 100 valence electrons. The first-order valence-electron chi connectivity index (χ1n) is 7.03. The second-order valence-corrected chi connectivity index (χ2v) is 11.4. The van der Waals surface area contributed by atoms with Crippen LogP contribution in [-0.2, 0) is 11.4 Å². The van der Waals surface area contributed by atoms with Crippen LogP contribution >= 0.6 is 0 Å². The summed E-state index contributed by atoms with van der Waals surface area (Å²) in [5, 5.41) is 1.52. The van der Waals surface area contributed by atoms with Gasteiger partial charge in [0.15, 0.2) is 0 Å². The van der Waals surface area contributed by atoms with Crippen LogP contribution in [0.2, 0.25) is 19.6 Å². The van der Waals surface area contributed by atoms with Crippen molar-refractivity contribution in [2.75, 3.05) is 0 Å². The van der Waals surface area contributed by atoms with Crippen molar-refractivity contribution in [2.45, 2.75) is 58.0 Å². The summed E-state index contributed by atoms with van der Waals surface area (Å²) in [7, 11) is -1.16. The molecule has 0 unspecified atom stereocenters. The summed E-state index contributed by atoms with van der Waals surface area (Å²) in [6.07, 6.45) is 5.49. The fourth-order valence-corrected chi connectivity index (χ4v) is 3.54. The maximum Gasteiger partial charge on any atom is 0.0790 e. The van der Waals surface area contributed by atoms with Gasteiger partial charge in [-0.2, -0.15) is 5.48 Å². The molecular weight excluding hydrogens is 238 g/mol. The van der Waals surface area contributed by atoms with Crippen LogP contribution in [0, 0.1) is 0 Å². The summed E-state index contributed by atoms with van der Waals surface area (Å²) in [5.74, 6) is 0. The minimum absolute atomic E-state index is 0.436. The molecule has 0 radical (unpaired) electrons. The van der Waals surface area contributed by atoms with Crippen LogP contribution in [0.25, 0.3) is 0 Å². The van der Waals surface area contributed by atoms with Crippen molar-refractivity contribution in [2.24, 2.45) is 0 Å². The van der Waals surface area contributed by atoms with Gasteiger partial charge in [-0.05, 0) is 18.4 Å². The Labute approximate surface area is 112 Å². The molecule has 0 aromatic heterocycles. The van der Waals surface area contributed by atoms with E-state index in [9.17, 15) is 0 Å². The van der Waals surface area contributed by atoms with E-state index in [0.717, 1.165) is 6.54 Å². The molecule has 1 fully saturated rings. The van der Waals surface area contributed by atoms with E-state index in [2.05, 4.69) is 49.4 Å². The average Bonchev–Trinajstić information content (AvgIpc) is 2.82. The molecule has 2 rings (SSSR count). The number of hydrogen-bond acceptors (Lipinski definition) is 2. The zero-order valence-corrected chi connectivity index (χ0v) is 12.8. The van der Waals surface area contributed by atoms with Crippen molar-refractivity contribution in [1.82, 2.24) is 5.48 Å². The molecule has 18 heavy (non-hydrogen) atoms. The smallest absolute Gasteiger partial charge is 0.0790 e. The standard InChI is InChI=1S/C15H25NOSi/c1-18(2,3)15-10-8-13(9-11-15)12-16-17-14-6-4-5-7-14/h8-11,14,16H,4-7,12H2,1-3H3. The Bertz CT molecular complexity index is 363. The average molecular weight is 263 g/mol. The Kier molecular flexibility index (Phi) is 4.59. The van der Waals surface area contributed by atoms with E-state index in [4.69, 9.17) is 4.84 Å². The largest absolute Gasteiger partial charge is 0.298 e. The van der Waals surface area contributed by atoms with Gasteiger partial charge in [0.05, 0.1) is 14.2 Å². The maximum absolute atomic E-state index is 5.66. The van der Waals surface area contributed by atoms with Gasteiger partial charge >= 0.3 is 0 Å². The van der Waals surface area contributed by atoms with Crippen LogP contribution in [0.5, 0.6) is 0 Å². The summed E-state index contributed by atoms with van der Waals surface area (Å²) in [6, 6.07) is 8.99. The summed E-state index contributed by atoms with van der Waals surface area (Å²) in [6.45, 7) is 7.94. The highest BCUT2D eigenvalue weighted by Crippen LogP contribution is 2.19. The van der Waals surface area contributed by atoms with Crippen molar-refractivity contribution in [3.63, 3.8) is 0 Å². The van der Waals surface area contributed by atoms with Crippen LogP contribution < -0.4 is 10.7 Å². The Hall–Kier alpha value is -0.643. The Morgan fingerprint density at radius 2 is 1.72 bits per heavy atom. The number of hydroxylamine groups is 1. The van der Waals surface area contributed by atoms with Crippen molar-refractivity contribution < 1.29 is 4.84 Å². The molecule has 0 bridgehead atoms. The fraction of sp³-hybridized carbons (Fsp3) is 0.600. The summed E-state index contributed by atoms with van der Waals surface area (Å²) in [5.41, 5.74) is 4.41. The van der Waals surface area contributed by atoms with Crippen LogP contribution in [0.4, 0.5) is 0 Å². The van der Waals surface area contributed by atoms with Gasteiger partial charge in [0, 0.05) is 6.54 Å². The van der Waals surface area contributed by atoms with E-state index in [1.54, 1.807) is 0 Å². The molecule has 1 aromatic carbocycles. The fourth-order valence-electron chi connectivity index (χ4n) is 2.37. The number of benzene rings is 1. The first kappa shape index (κ1) is 13.8. The number of rotatable bonds is 5. The third-order valence-electron chi connectivity index (χ3n) is 3.65. The van der Waals surface area contributed by atoms with E-state index in [1.165, 1.54) is 36.4 Å². The molecule has 1 aliphatic carbocycles. The predicted molar refractivity (Wildman–Crippen MR) is 79.6 cm³/mol. The normalized spacial score (nSPS) is 17.3. The molecule has 1 aromatic rings. The van der Waals surface area contributed by atoms with Crippen LogP contribution in [0.1, 0.15) is 31.2 Å². The molecule has 2 nitrogen and oxygen atoms in total. The SMILES string of the molecule is C[Si](C)(C)c1ccc(CNOC2CCCC2)cc1. The van der Waals surface area contributed by atoms with Gasteiger partial charge in [0.25, 0.3) is 0 Å².